The second-order valence-electron chi connectivity index (χ2n) is 11.3. The Hall–Kier alpha value is 0.430. The van der Waals surface area contributed by atoms with Gasteiger partial charge < -0.3 is 0 Å². The van der Waals surface area contributed by atoms with E-state index < -0.39 is 0 Å². The van der Waals surface area contributed by atoms with Gasteiger partial charge in [0.15, 0.2) is 0 Å². The molecule has 0 amide bonds. The molecule has 206 valence electrons. The molecule has 0 spiro atoms. The second kappa shape index (κ2) is 26.5. The fourth-order valence-corrected chi connectivity index (χ4v) is 10.6. The van der Waals surface area contributed by atoms with Gasteiger partial charge in [-0.3, -0.25) is 0 Å². The van der Waals surface area contributed by atoms with E-state index in [0.29, 0.717) is 0 Å². The van der Waals surface area contributed by atoms with Gasteiger partial charge in [0.1, 0.15) is 0 Å². The van der Waals surface area contributed by atoms with Crippen molar-refractivity contribution >= 4 is 7.92 Å². The van der Waals surface area contributed by atoms with E-state index in [-0.39, 0.29) is 7.92 Å². The quantitative estimate of drug-likeness (QED) is 0.0783. The van der Waals surface area contributed by atoms with E-state index in [0.717, 1.165) is 17.0 Å². The van der Waals surface area contributed by atoms with Crippen molar-refractivity contribution in [2.45, 2.75) is 213 Å². The summed E-state index contributed by atoms with van der Waals surface area (Å²) < 4.78 is 0. The first-order valence-corrected chi connectivity index (χ1v) is 18.0. The van der Waals surface area contributed by atoms with Crippen molar-refractivity contribution in [2.75, 3.05) is 0 Å². The molecule has 3 atom stereocenters. The van der Waals surface area contributed by atoms with Crippen LogP contribution in [0.3, 0.4) is 0 Å². The molecule has 0 aliphatic heterocycles. The van der Waals surface area contributed by atoms with Crippen LogP contribution in [-0.2, 0) is 0 Å². The first-order valence-electron chi connectivity index (χ1n) is 16.5. The zero-order valence-corrected chi connectivity index (χ0v) is 26.0. The van der Waals surface area contributed by atoms with E-state index in [4.69, 9.17) is 0 Å². The minimum Gasteiger partial charge on any atom is -0.0972 e. The van der Waals surface area contributed by atoms with Gasteiger partial charge >= 0.3 is 0 Å². The van der Waals surface area contributed by atoms with Gasteiger partial charge in [0.2, 0.25) is 0 Å². The highest BCUT2D eigenvalue weighted by molar-refractivity contribution is 7.59. The average Bonchev–Trinajstić information content (AvgIpc) is 2.86. The molecule has 0 aromatic carbocycles. The Balaban J connectivity index is 5.00. The average molecular weight is 497 g/mol. The van der Waals surface area contributed by atoms with Gasteiger partial charge in [0.25, 0.3) is 0 Å². The van der Waals surface area contributed by atoms with Crippen molar-refractivity contribution in [3.8, 4) is 0 Å². The molecule has 0 saturated carbocycles. The molecule has 0 saturated heterocycles. The van der Waals surface area contributed by atoms with Crippen molar-refractivity contribution < 1.29 is 0 Å². The standard InChI is InChI=1S/C33H69P/c1-7-13-16-19-22-25-28-31(10-4)34(32(11-5)29-26-23-20-17-14-8-2)33(12-6)30-27-24-21-18-15-9-3/h31-33H,7-30H2,1-6H3. The fourth-order valence-electron chi connectivity index (χ4n) is 6.07. The molecule has 3 unspecified atom stereocenters. The Morgan fingerprint density at radius 1 is 0.324 bits per heavy atom. The van der Waals surface area contributed by atoms with Crippen LogP contribution in [0.15, 0.2) is 0 Å². The molecule has 0 bridgehead atoms. The van der Waals surface area contributed by atoms with Crippen LogP contribution in [0.2, 0.25) is 0 Å². The lowest BCUT2D eigenvalue weighted by molar-refractivity contribution is 0.544. The van der Waals surface area contributed by atoms with E-state index in [1.807, 2.05) is 0 Å². The Morgan fingerprint density at radius 3 is 0.794 bits per heavy atom. The lowest BCUT2D eigenvalue weighted by Gasteiger charge is -2.40. The summed E-state index contributed by atoms with van der Waals surface area (Å²) in [5.41, 5.74) is 3.11. The van der Waals surface area contributed by atoms with Gasteiger partial charge in [-0.1, -0.05) is 165 Å². The maximum Gasteiger partial charge on any atom is -0.0207 e. The Labute approximate surface area is 220 Å². The molecule has 0 heterocycles. The first-order chi connectivity index (χ1) is 16.7. The van der Waals surface area contributed by atoms with Crippen molar-refractivity contribution in [1.82, 2.24) is 0 Å². The summed E-state index contributed by atoms with van der Waals surface area (Å²) in [6.07, 6.45) is 35.2. The molecule has 1 heteroatoms. The van der Waals surface area contributed by atoms with Crippen molar-refractivity contribution in [3.63, 3.8) is 0 Å². The van der Waals surface area contributed by atoms with Crippen molar-refractivity contribution in [2.24, 2.45) is 0 Å². The second-order valence-corrected chi connectivity index (χ2v) is 14.4. The van der Waals surface area contributed by atoms with Crippen molar-refractivity contribution in [3.05, 3.63) is 0 Å². The maximum atomic E-state index is 2.53. The molecular formula is C33H69P. The highest BCUT2D eigenvalue weighted by atomic mass is 31.1. The SMILES string of the molecule is CCCCCCCCC(CC)P(C(CC)CCCCCCCC)C(CC)CCCCCCCC. The molecule has 0 aromatic rings. The van der Waals surface area contributed by atoms with Gasteiger partial charge in [-0.2, -0.15) is 0 Å². The molecule has 34 heavy (non-hydrogen) atoms. The van der Waals surface area contributed by atoms with Crippen LogP contribution >= 0.6 is 7.92 Å². The summed E-state index contributed by atoms with van der Waals surface area (Å²) in [6.45, 7) is 14.6. The van der Waals surface area contributed by atoms with Gasteiger partial charge in [-0.05, 0) is 55.5 Å². The van der Waals surface area contributed by atoms with Crippen LogP contribution < -0.4 is 0 Å². The van der Waals surface area contributed by atoms with Gasteiger partial charge in [-0.25, -0.2) is 0 Å². The first kappa shape index (κ1) is 34.4. The summed E-state index contributed by atoms with van der Waals surface area (Å²) in [4.78, 5) is 0. The van der Waals surface area contributed by atoms with E-state index in [2.05, 4.69) is 41.5 Å². The van der Waals surface area contributed by atoms with E-state index in [9.17, 15) is 0 Å². The van der Waals surface area contributed by atoms with Crippen LogP contribution in [0.4, 0.5) is 0 Å². The monoisotopic (exact) mass is 497 g/mol. The van der Waals surface area contributed by atoms with Gasteiger partial charge in [0, 0.05) is 0 Å². The summed E-state index contributed by atoms with van der Waals surface area (Å²) in [7, 11) is 0.166. The fraction of sp³-hybridized carbons (Fsp3) is 1.00. The molecule has 0 aliphatic rings. The number of hydrogen-bond acceptors (Lipinski definition) is 0. The van der Waals surface area contributed by atoms with Crippen LogP contribution in [0, 0.1) is 0 Å². The van der Waals surface area contributed by atoms with E-state index in [1.165, 1.54) is 154 Å². The number of hydrogen-bond donors (Lipinski definition) is 0. The topological polar surface area (TPSA) is 0 Å². The highest BCUT2D eigenvalue weighted by Crippen LogP contribution is 2.58. The van der Waals surface area contributed by atoms with Crippen LogP contribution in [0.5, 0.6) is 0 Å². The van der Waals surface area contributed by atoms with E-state index >= 15 is 0 Å². The summed E-state index contributed by atoms with van der Waals surface area (Å²) >= 11 is 0. The van der Waals surface area contributed by atoms with Crippen molar-refractivity contribution in [1.29, 1.82) is 0 Å². The molecule has 0 fully saturated rings. The number of rotatable bonds is 27. The Morgan fingerprint density at radius 2 is 0.559 bits per heavy atom. The van der Waals surface area contributed by atoms with Crippen LogP contribution in [0.25, 0.3) is 0 Å². The molecule has 0 rings (SSSR count). The largest absolute Gasteiger partial charge is 0.0972 e. The molecule has 0 radical (unpaired) electrons. The molecule has 0 nitrogen and oxygen atoms in total. The molecule has 0 N–H and O–H groups in total. The maximum absolute atomic E-state index is 2.53. The third kappa shape index (κ3) is 17.8. The summed E-state index contributed by atoms with van der Waals surface area (Å²) in [5, 5.41) is 0. The molecular weight excluding hydrogens is 427 g/mol. The van der Waals surface area contributed by atoms with Gasteiger partial charge in [0.05, 0.1) is 0 Å². The Kier molecular flexibility index (Phi) is 26.8. The van der Waals surface area contributed by atoms with E-state index in [1.54, 1.807) is 0 Å². The molecule has 0 aliphatic carbocycles. The third-order valence-corrected chi connectivity index (χ3v) is 12.8. The van der Waals surface area contributed by atoms with Gasteiger partial charge in [-0.15, -0.1) is 0 Å². The lowest BCUT2D eigenvalue weighted by atomic mass is 10.1. The smallest absolute Gasteiger partial charge is 0.0207 e. The molecule has 0 aromatic heterocycles. The minimum absolute atomic E-state index is 0.166. The predicted molar refractivity (Wildman–Crippen MR) is 163 cm³/mol. The zero-order valence-electron chi connectivity index (χ0n) is 25.1. The zero-order chi connectivity index (χ0) is 25.3. The number of unbranched alkanes of at least 4 members (excludes halogenated alkanes) is 15. The normalized spacial score (nSPS) is 15.4. The van der Waals surface area contributed by atoms with Crippen LogP contribution in [0.1, 0.15) is 196 Å². The Bertz CT molecular complexity index is 322. The lowest BCUT2D eigenvalue weighted by Crippen LogP contribution is -2.23. The minimum atomic E-state index is 0.166. The summed E-state index contributed by atoms with van der Waals surface area (Å²) in [6, 6.07) is 0. The third-order valence-electron chi connectivity index (χ3n) is 8.35. The predicted octanol–water partition coefficient (Wildman–Crippen LogP) is 13.1. The summed E-state index contributed by atoms with van der Waals surface area (Å²) in [5.74, 6) is 0. The van der Waals surface area contributed by atoms with Crippen LogP contribution in [-0.4, -0.2) is 17.0 Å². The highest BCUT2D eigenvalue weighted by Gasteiger charge is 2.32.